The van der Waals surface area contributed by atoms with Crippen LogP contribution in [-0.4, -0.2) is 9.97 Å². The number of para-hydroxylation sites is 1. The maximum atomic E-state index is 13.3. The minimum absolute atomic E-state index is 0.196. The van der Waals surface area contributed by atoms with Crippen LogP contribution < -0.4 is 0 Å². The van der Waals surface area contributed by atoms with Gasteiger partial charge in [0.2, 0.25) is 0 Å². The molecule has 0 radical (unpaired) electrons. The monoisotopic (exact) mass is 262 g/mol. The van der Waals surface area contributed by atoms with E-state index in [0.717, 1.165) is 11.0 Å². The van der Waals surface area contributed by atoms with Crippen molar-refractivity contribution in [2.24, 2.45) is 0 Å². The van der Waals surface area contributed by atoms with Gasteiger partial charge in [0.1, 0.15) is 5.58 Å². The Labute approximate surface area is 107 Å². The number of aryl methyl sites for hydroxylation is 1. The van der Waals surface area contributed by atoms with Crippen LogP contribution in [0.4, 0.5) is 4.39 Å². The number of benzene rings is 1. The molecule has 0 aliphatic heterocycles. The van der Waals surface area contributed by atoms with Crippen molar-refractivity contribution in [3.05, 3.63) is 47.0 Å². The quantitative estimate of drug-likeness (QED) is 0.623. The molecule has 0 amide bonds. The fourth-order valence-corrected chi connectivity index (χ4v) is 1.94. The number of rotatable bonds is 1. The van der Waals surface area contributed by atoms with E-state index < -0.39 is 5.82 Å². The van der Waals surface area contributed by atoms with Gasteiger partial charge in [-0.05, 0) is 19.1 Å². The molecular weight excluding hydrogens is 255 g/mol. The summed E-state index contributed by atoms with van der Waals surface area (Å²) in [6.45, 7) is 1.54. The third kappa shape index (κ3) is 1.75. The SMILES string of the molecule is Cc1nc(-c2cc3ccccc3o2)nc(Cl)c1F. The maximum Gasteiger partial charge on any atom is 0.197 e. The lowest BCUT2D eigenvalue weighted by Crippen LogP contribution is -1.96. The van der Waals surface area contributed by atoms with Gasteiger partial charge in [-0.1, -0.05) is 29.8 Å². The van der Waals surface area contributed by atoms with Crippen molar-refractivity contribution >= 4 is 22.6 Å². The molecule has 0 saturated heterocycles. The summed E-state index contributed by atoms with van der Waals surface area (Å²) in [5.74, 6) is 0.160. The first-order valence-corrected chi connectivity index (χ1v) is 5.71. The summed E-state index contributed by atoms with van der Waals surface area (Å²) in [6.07, 6.45) is 0. The lowest BCUT2D eigenvalue weighted by Gasteiger charge is -2.00. The molecular formula is C13H8ClFN2O. The average molecular weight is 263 g/mol. The molecule has 3 rings (SSSR count). The van der Waals surface area contributed by atoms with Gasteiger partial charge in [-0.25, -0.2) is 14.4 Å². The molecule has 2 aromatic heterocycles. The minimum atomic E-state index is -0.600. The normalized spacial score (nSPS) is 11.1. The van der Waals surface area contributed by atoms with Crippen LogP contribution >= 0.6 is 11.6 Å². The second-order valence-electron chi connectivity index (χ2n) is 3.89. The third-order valence-corrected chi connectivity index (χ3v) is 2.87. The molecule has 0 N–H and O–H groups in total. The Bertz CT molecular complexity index is 683. The largest absolute Gasteiger partial charge is 0.453 e. The number of fused-ring (bicyclic) bond motifs is 1. The second kappa shape index (κ2) is 4.07. The zero-order valence-electron chi connectivity index (χ0n) is 9.45. The van der Waals surface area contributed by atoms with Crippen molar-refractivity contribution in [3.63, 3.8) is 0 Å². The van der Waals surface area contributed by atoms with Crippen molar-refractivity contribution in [1.82, 2.24) is 9.97 Å². The van der Waals surface area contributed by atoms with E-state index in [2.05, 4.69) is 9.97 Å². The molecule has 1 aromatic carbocycles. The van der Waals surface area contributed by atoms with Crippen molar-refractivity contribution in [2.45, 2.75) is 6.92 Å². The Morgan fingerprint density at radius 3 is 2.72 bits per heavy atom. The van der Waals surface area contributed by atoms with E-state index in [4.69, 9.17) is 16.0 Å². The Hall–Kier alpha value is -1.94. The Balaban J connectivity index is 2.20. The van der Waals surface area contributed by atoms with Gasteiger partial charge >= 0.3 is 0 Å². The topological polar surface area (TPSA) is 38.9 Å². The number of hydrogen-bond acceptors (Lipinski definition) is 3. The smallest absolute Gasteiger partial charge is 0.197 e. The van der Waals surface area contributed by atoms with Gasteiger partial charge in [0.05, 0.1) is 5.69 Å². The van der Waals surface area contributed by atoms with E-state index in [1.54, 1.807) is 6.07 Å². The first-order chi connectivity index (χ1) is 8.65. The molecule has 0 saturated carbocycles. The molecule has 0 bridgehead atoms. The van der Waals surface area contributed by atoms with Crippen LogP contribution in [0, 0.1) is 12.7 Å². The Morgan fingerprint density at radius 1 is 1.22 bits per heavy atom. The van der Waals surface area contributed by atoms with E-state index >= 15 is 0 Å². The van der Waals surface area contributed by atoms with Crippen LogP contribution in [0.1, 0.15) is 5.69 Å². The fourth-order valence-electron chi connectivity index (χ4n) is 1.73. The zero-order chi connectivity index (χ0) is 12.7. The van der Waals surface area contributed by atoms with Crippen LogP contribution in [-0.2, 0) is 0 Å². The van der Waals surface area contributed by atoms with Crippen molar-refractivity contribution < 1.29 is 8.81 Å². The number of furan rings is 1. The van der Waals surface area contributed by atoms with Gasteiger partial charge in [-0.3, -0.25) is 0 Å². The maximum absolute atomic E-state index is 13.3. The van der Waals surface area contributed by atoms with Crippen LogP contribution in [0.25, 0.3) is 22.6 Å². The summed E-state index contributed by atoms with van der Waals surface area (Å²) in [4.78, 5) is 7.92. The fraction of sp³-hybridized carbons (Fsp3) is 0.0769. The molecule has 0 unspecified atom stereocenters. The molecule has 3 aromatic rings. The third-order valence-electron chi connectivity index (χ3n) is 2.62. The minimum Gasteiger partial charge on any atom is -0.453 e. The highest BCUT2D eigenvalue weighted by Crippen LogP contribution is 2.27. The van der Waals surface area contributed by atoms with Crippen molar-refractivity contribution in [3.8, 4) is 11.6 Å². The lowest BCUT2D eigenvalue weighted by atomic mass is 10.2. The first-order valence-electron chi connectivity index (χ1n) is 5.34. The summed E-state index contributed by atoms with van der Waals surface area (Å²) >= 11 is 5.70. The van der Waals surface area contributed by atoms with Gasteiger partial charge in [-0.15, -0.1) is 0 Å². The van der Waals surface area contributed by atoms with Crippen LogP contribution in [0.5, 0.6) is 0 Å². The number of nitrogens with zero attached hydrogens (tertiary/aromatic N) is 2. The number of aromatic nitrogens is 2. The van der Waals surface area contributed by atoms with E-state index in [0.29, 0.717) is 5.76 Å². The van der Waals surface area contributed by atoms with Crippen LogP contribution in [0.15, 0.2) is 34.7 Å². The van der Waals surface area contributed by atoms with Gasteiger partial charge in [-0.2, -0.15) is 0 Å². The molecule has 0 aliphatic carbocycles. The van der Waals surface area contributed by atoms with E-state index in [-0.39, 0.29) is 16.7 Å². The molecule has 0 spiro atoms. The second-order valence-corrected chi connectivity index (χ2v) is 4.24. The summed E-state index contributed by atoms with van der Waals surface area (Å²) in [5.41, 5.74) is 0.930. The summed E-state index contributed by atoms with van der Waals surface area (Å²) in [5, 5.41) is 0.743. The molecule has 0 atom stereocenters. The Morgan fingerprint density at radius 2 is 2.00 bits per heavy atom. The zero-order valence-corrected chi connectivity index (χ0v) is 10.2. The van der Waals surface area contributed by atoms with Crippen LogP contribution in [0.3, 0.4) is 0 Å². The molecule has 90 valence electrons. The van der Waals surface area contributed by atoms with Crippen LogP contribution in [0.2, 0.25) is 5.15 Å². The summed E-state index contributed by atoms with van der Waals surface area (Å²) in [6, 6.07) is 9.35. The summed E-state index contributed by atoms with van der Waals surface area (Å²) in [7, 11) is 0. The van der Waals surface area contributed by atoms with Gasteiger partial charge in [0.25, 0.3) is 0 Å². The van der Waals surface area contributed by atoms with E-state index in [9.17, 15) is 4.39 Å². The predicted octanol–water partition coefficient (Wildman–Crippen LogP) is 3.99. The summed E-state index contributed by atoms with van der Waals surface area (Å²) < 4.78 is 18.9. The predicted molar refractivity (Wildman–Crippen MR) is 66.9 cm³/mol. The molecule has 3 nitrogen and oxygen atoms in total. The first kappa shape index (κ1) is 11.2. The number of halogens is 2. The van der Waals surface area contributed by atoms with Gasteiger partial charge in [0, 0.05) is 5.39 Å². The highest BCUT2D eigenvalue weighted by molar-refractivity contribution is 6.29. The molecule has 0 aliphatic rings. The Kier molecular flexibility index (Phi) is 2.52. The highest BCUT2D eigenvalue weighted by Gasteiger charge is 2.14. The van der Waals surface area contributed by atoms with Crippen molar-refractivity contribution in [1.29, 1.82) is 0 Å². The van der Waals surface area contributed by atoms with Gasteiger partial charge in [0.15, 0.2) is 22.6 Å². The molecule has 18 heavy (non-hydrogen) atoms. The molecule has 0 fully saturated rings. The van der Waals surface area contributed by atoms with E-state index in [1.165, 1.54) is 6.92 Å². The van der Waals surface area contributed by atoms with E-state index in [1.807, 2.05) is 24.3 Å². The highest BCUT2D eigenvalue weighted by atomic mass is 35.5. The van der Waals surface area contributed by atoms with Crippen molar-refractivity contribution in [2.75, 3.05) is 0 Å². The molecule has 5 heteroatoms. The number of hydrogen-bond donors (Lipinski definition) is 0. The van der Waals surface area contributed by atoms with Gasteiger partial charge < -0.3 is 4.42 Å². The lowest BCUT2D eigenvalue weighted by molar-refractivity contribution is 0.595. The standard InChI is InChI=1S/C13H8ClFN2O/c1-7-11(15)12(14)17-13(16-7)10-6-8-4-2-3-5-9(8)18-10/h2-6H,1H3. The molecule has 2 heterocycles. The average Bonchev–Trinajstić information content (AvgIpc) is 2.79.